The molecule has 0 aromatic heterocycles. The quantitative estimate of drug-likeness (QED) is 0.831. The van der Waals surface area contributed by atoms with Gasteiger partial charge in [-0.05, 0) is 38.8 Å². The van der Waals surface area contributed by atoms with Gasteiger partial charge < -0.3 is 9.64 Å². The SMILES string of the molecule is CN(C(=O)c1ccccc1C#N)[C@@H]1CCOC(C)(C)C1. The lowest BCUT2D eigenvalue weighted by Crippen LogP contribution is -2.46. The van der Waals surface area contributed by atoms with Crippen LogP contribution in [0.5, 0.6) is 0 Å². The maximum atomic E-state index is 12.6. The molecule has 1 fully saturated rings. The molecule has 0 saturated carbocycles. The fourth-order valence-electron chi connectivity index (χ4n) is 2.65. The summed E-state index contributed by atoms with van der Waals surface area (Å²) in [6.45, 7) is 4.75. The van der Waals surface area contributed by atoms with Crippen molar-refractivity contribution in [2.24, 2.45) is 0 Å². The number of ether oxygens (including phenoxy) is 1. The standard InChI is InChI=1S/C16H20N2O2/c1-16(2)10-13(8-9-20-16)18(3)15(19)14-7-5-4-6-12(14)11-17/h4-7,13H,8-10H2,1-3H3/t13-/m1/s1. The molecular formula is C16H20N2O2. The lowest BCUT2D eigenvalue weighted by atomic mass is 9.92. The van der Waals surface area contributed by atoms with E-state index in [4.69, 9.17) is 10.00 Å². The van der Waals surface area contributed by atoms with Crippen molar-refractivity contribution >= 4 is 5.91 Å². The van der Waals surface area contributed by atoms with Crippen LogP contribution in [0.15, 0.2) is 24.3 Å². The Morgan fingerprint density at radius 1 is 1.45 bits per heavy atom. The van der Waals surface area contributed by atoms with Crippen molar-refractivity contribution < 1.29 is 9.53 Å². The van der Waals surface area contributed by atoms with E-state index in [1.165, 1.54) is 0 Å². The second kappa shape index (κ2) is 5.64. The predicted octanol–water partition coefficient (Wildman–Crippen LogP) is 2.59. The summed E-state index contributed by atoms with van der Waals surface area (Å²) in [6.07, 6.45) is 1.64. The van der Waals surface area contributed by atoms with Crippen LogP contribution in [0.4, 0.5) is 0 Å². The third kappa shape index (κ3) is 3.00. The first kappa shape index (κ1) is 14.5. The van der Waals surface area contributed by atoms with Gasteiger partial charge in [0.25, 0.3) is 5.91 Å². The fraction of sp³-hybridized carbons (Fsp3) is 0.500. The Morgan fingerprint density at radius 3 is 2.80 bits per heavy atom. The Morgan fingerprint density at radius 2 is 2.15 bits per heavy atom. The van der Waals surface area contributed by atoms with Crippen LogP contribution >= 0.6 is 0 Å². The predicted molar refractivity (Wildman–Crippen MR) is 76.3 cm³/mol. The maximum Gasteiger partial charge on any atom is 0.255 e. The molecule has 106 valence electrons. The molecule has 1 saturated heterocycles. The van der Waals surface area contributed by atoms with Gasteiger partial charge in [-0.2, -0.15) is 5.26 Å². The molecule has 4 heteroatoms. The highest BCUT2D eigenvalue weighted by Gasteiger charge is 2.33. The molecule has 1 heterocycles. The average Bonchev–Trinajstić information content (AvgIpc) is 2.44. The van der Waals surface area contributed by atoms with Gasteiger partial charge >= 0.3 is 0 Å². The zero-order valence-electron chi connectivity index (χ0n) is 12.2. The second-order valence-corrected chi connectivity index (χ2v) is 5.83. The molecule has 2 rings (SSSR count). The molecule has 20 heavy (non-hydrogen) atoms. The number of rotatable bonds is 2. The summed E-state index contributed by atoms with van der Waals surface area (Å²) in [7, 11) is 1.81. The Hall–Kier alpha value is -1.86. The van der Waals surface area contributed by atoms with Crippen LogP contribution in [-0.4, -0.2) is 36.1 Å². The maximum absolute atomic E-state index is 12.6. The zero-order valence-corrected chi connectivity index (χ0v) is 12.2. The molecule has 0 radical (unpaired) electrons. The molecule has 0 aliphatic carbocycles. The molecule has 1 aromatic carbocycles. The van der Waals surface area contributed by atoms with Crippen molar-refractivity contribution in [3.05, 3.63) is 35.4 Å². The van der Waals surface area contributed by atoms with Gasteiger partial charge in [-0.3, -0.25) is 4.79 Å². The van der Waals surface area contributed by atoms with E-state index in [-0.39, 0.29) is 17.6 Å². The number of hydrogen-bond acceptors (Lipinski definition) is 3. The highest BCUT2D eigenvalue weighted by molar-refractivity contribution is 5.96. The highest BCUT2D eigenvalue weighted by atomic mass is 16.5. The number of carbonyl (C=O) groups excluding carboxylic acids is 1. The number of amides is 1. The van der Waals surface area contributed by atoms with Crippen LogP contribution in [0.2, 0.25) is 0 Å². The molecule has 1 aliphatic heterocycles. The van der Waals surface area contributed by atoms with E-state index in [1.54, 1.807) is 29.2 Å². The summed E-state index contributed by atoms with van der Waals surface area (Å²) < 4.78 is 5.69. The molecule has 0 bridgehead atoms. The number of carbonyl (C=O) groups is 1. The first-order valence-corrected chi connectivity index (χ1v) is 6.85. The highest BCUT2D eigenvalue weighted by Crippen LogP contribution is 2.27. The summed E-state index contributed by atoms with van der Waals surface area (Å²) in [4.78, 5) is 14.3. The van der Waals surface area contributed by atoms with E-state index in [1.807, 2.05) is 20.9 Å². The van der Waals surface area contributed by atoms with Crippen LogP contribution in [0.1, 0.15) is 42.6 Å². The molecule has 1 amide bonds. The first-order chi connectivity index (χ1) is 9.44. The largest absolute Gasteiger partial charge is 0.375 e. The summed E-state index contributed by atoms with van der Waals surface area (Å²) in [5.41, 5.74) is 0.698. The van der Waals surface area contributed by atoms with E-state index < -0.39 is 0 Å². The van der Waals surface area contributed by atoms with E-state index in [0.717, 1.165) is 12.8 Å². The number of benzene rings is 1. The van der Waals surface area contributed by atoms with E-state index in [2.05, 4.69) is 6.07 Å². The lowest BCUT2D eigenvalue weighted by Gasteiger charge is -2.39. The lowest BCUT2D eigenvalue weighted by molar-refractivity contribution is -0.0756. The number of nitriles is 1. The Balaban J connectivity index is 2.19. The van der Waals surface area contributed by atoms with Gasteiger partial charge in [0, 0.05) is 19.7 Å². The number of nitrogens with zero attached hydrogens (tertiary/aromatic N) is 2. The average molecular weight is 272 g/mol. The Bertz CT molecular complexity index is 546. The minimum Gasteiger partial charge on any atom is -0.375 e. The van der Waals surface area contributed by atoms with Crippen LogP contribution in [0.3, 0.4) is 0 Å². The van der Waals surface area contributed by atoms with Crippen molar-refractivity contribution in [1.82, 2.24) is 4.90 Å². The van der Waals surface area contributed by atoms with Crippen molar-refractivity contribution in [1.29, 1.82) is 5.26 Å². The first-order valence-electron chi connectivity index (χ1n) is 6.85. The minimum atomic E-state index is -0.202. The van der Waals surface area contributed by atoms with Crippen LogP contribution in [-0.2, 0) is 4.74 Å². The van der Waals surface area contributed by atoms with Crippen LogP contribution in [0.25, 0.3) is 0 Å². The molecule has 1 atom stereocenters. The number of hydrogen-bond donors (Lipinski definition) is 0. The third-order valence-corrected chi connectivity index (χ3v) is 3.82. The van der Waals surface area contributed by atoms with Gasteiger partial charge in [0.15, 0.2) is 0 Å². The van der Waals surface area contributed by atoms with E-state index in [0.29, 0.717) is 17.7 Å². The van der Waals surface area contributed by atoms with E-state index >= 15 is 0 Å². The van der Waals surface area contributed by atoms with Crippen molar-refractivity contribution in [3.63, 3.8) is 0 Å². The third-order valence-electron chi connectivity index (χ3n) is 3.82. The Kier molecular flexibility index (Phi) is 4.10. The molecule has 0 spiro atoms. The molecule has 1 aromatic rings. The normalized spacial score (nSPS) is 21.0. The van der Waals surface area contributed by atoms with Crippen molar-refractivity contribution in [3.8, 4) is 6.07 Å². The molecule has 1 aliphatic rings. The monoisotopic (exact) mass is 272 g/mol. The van der Waals surface area contributed by atoms with Crippen molar-refractivity contribution in [2.45, 2.75) is 38.3 Å². The molecule has 4 nitrogen and oxygen atoms in total. The topological polar surface area (TPSA) is 53.3 Å². The summed E-state index contributed by atoms with van der Waals surface area (Å²) >= 11 is 0. The summed E-state index contributed by atoms with van der Waals surface area (Å²) in [5.74, 6) is -0.0927. The van der Waals surface area contributed by atoms with Gasteiger partial charge in [-0.25, -0.2) is 0 Å². The van der Waals surface area contributed by atoms with Gasteiger partial charge in [0.1, 0.15) is 0 Å². The minimum absolute atomic E-state index is 0.0927. The van der Waals surface area contributed by atoms with Crippen LogP contribution < -0.4 is 0 Å². The summed E-state index contributed by atoms with van der Waals surface area (Å²) in [6, 6.07) is 9.17. The van der Waals surface area contributed by atoms with Gasteiger partial charge in [-0.15, -0.1) is 0 Å². The van der Waals surface area contributed by atoms with Gasteiger partial charge in [-0.1, -0.05) is 12.1 Å². The molecule has 0 N–H and O–H groups in total. The second-order valence-electron chi connectivity index (χ2n) is 5.83. The van der Waals surface area contributed by atoms with E-state index in [9.17, 15) is 4.79 Å². The Labute approximate surface area is 120 Å². The molecular weight excluding hydrogens is 252 g/mol. The van der Waals surface area contributed by atoms with Gasteiger partial charge in [0.05, 0.1) is 22.8 Å². The smallest absolute Gasteiger partial charge is 0.255 e. The zero-order chi connectivity index (χ0) is 14.8. The van der Waals surface area contributed by atoms with Gasteiger partial charge in [0.2, 0.25) is 0 Å². The van der Waals surface area contributed by atoms with Crippen molar-refractivity contribution in [2.75, 3.05) is 13.7 Å². The molecule has 0 unspecified atom stereocenters. The fourth-order valence-corrected chi connectivity index (χ4v) is 2.65. The van der Waals surface area contributed by atoms with Crippen LogP contribution in [0, 0.1) is 11.3 Å². The summed E-state index contributed by atoms with van der Waals surface area (Å²) in [5, 5.41) is 9.10.